The number of pyridine rings is 1. The lowest BCUT2D eigenvalue weighted by Gasteiger charge is -2.16. The molecule has 1 aromatic heterocycles. The zero-order chi connectivity index (χ0) is 14.8. The van der Waals surface area contributed by atoms with E-state index in [1.165, 1.54) is 0 Å². The van der Waals surface area contributed by atoms with Gasteiger partial charge in [-0.25, -0.2) is 4.98 Å². The van der Waals surface area contributed by atoms with Crippen molar-refractivity contribution < 1.29 is 14.6 Å². The summed E-state index contributed by atoms with van der Waals surface area (Å²) < 4.78 is 10.5. The van der Waals surface area contributed by atoms with Crippen LogP contribution in [0.25, 0.3) is 10.9 Å². The van der Waals surface area contributed by atoms with E-state index in [9.17, 15) is 5.11 Å². The van der Waals surface area contributed by atoms with Crippen molar-refractivity contribution in [1.82, 2.24) is 4.98 Å². The van der Waals surface area contributed by atoms with Crippen LogP contribution in [0.2, 0.25) is 0 Å². The van der Waals surface area contributed by atoms with E-state index in [1.807, 2.05) is 12.1 Å². The van der Waals surface area contributed by atoms with Crippen molar-refractivity contribution in [3.8, 4) is 5.75 Å². The van der Waals surface area contributed by atoms with Crippen LogP contribution in [0, 0.1) is 0 Å². The van der Waals surface area contributed by atoms with Gasteiger partial charge in [-0.3, -0.25) is 4.99 Å². The van der Waals surface area contributed by atoms with Gasteiger partial charge in [-0.2, -0.15) is 0 Å². The second-order valence-electron chi connectivity index (χ2n) is 4.73. The number of aromatic nitrogens is 1. The zero-order valence-corrected chi connectivity index (χ0v) is 12.6. The molecule has 5 nitrogen and oxygen atoms in total. The number of rotatable bonds is 4. The summed E-state index contributed by atoms with van der Waals surface area (Å²) in [6.07, 6.45) is -0.326. The fourth-order valence-corrected chi connectivity index (χ4v) is 3.34. The summed E-state index contributed by atoms with van der Waals surface area (Å²) in [4.78, 5) is 9.24. The molecule has 0 radical (unpaired) electrons. The van der Waals surface area contributed by atoms with E-state index < -0.39 is 0 Å². The molecular formula is C15H16N2O3S. The molecule has 3 rings (SSSR count). The van der Waals surface area contributed by atoms with Crippen LogP contribution >= 0.6 is 11.8 Å². The zero-order valence-electron chi connectivity index (χ0n) is 11.8. The minimum Gasteiger partial charge on any atom is -0.508 e. The van der Waals surface area contributed by atoms with Gasteiger partial charge >= 0.3 is 0 Å². The fourth-order valence-electron chi connectivity index (χ4n) is 2.31. The van der Waals surface area contributed by atoms with E-state index in [0.717, 1.165) is 27.4 Å². The molecule has 1 aromatic carbocycles. The molecule has 21 heavy (non-hydrogen) atoms. The summed E-state index contributed by atoms with van der Waals surface area (Å²) >= 11 is 1.65. The third-order valence-corrected chi connectivity index (χ3v) is 4.44. The fraction of sp³-hybridized carbons (Fsp3) is 0.333. The minimum atomic E-state index is -0.326. The minimum absolute atomic E-state index is 0.0164. The van der Waals surface area contributed by atoms with Crippen molar-refractivity contribution in [1.29, 1.82) is 0 Å². The SMILES string of the molecule is COC(OC)C1CSC(c2ccc3cc(O)ccc3n2)=N1. The highest BCUT2D eigenvalue weighted by molar-refractivity contribution is 8.14. The number of phenols is 1. The van der Waals surface area contributed by atoms with Crippen LogP contribution < -0.4 is 0 Å². The van der Waals surface area contributed by atoms with Gasteiger partial charge in [0.15, 0.2) is 6.29 Å². The Balaban J connectivity index is 1.90. The van der Waals surface area contributed by atoms with Crippen molar-refractivity contribution in [2.75, 3.05) is 20.0 Å². The number of fused-ring (bicyclic) bond motifs is 1. The number of phenolic OH excluding ortho intramolecular Hbond substituents is 1. The van der Waals surface area contributed by atoms with Crippen molar-refractivity contribution in [2.24, 2.45) is 4.99 Å². The van der Waals surface area contributed by atoms with E-state index in [0.29, 0.717) is 0 Å². The Kier molecular flexibility index (Phi) is 4.10. The first-order valence-electron chi connectivity index (χ1n) is 6.57. The maximum absolute atomic E-state index is 9.48. The average molecular weight is 304 g/mol. The number of ether oxygens (including phenoxy) is 2. The van der Waals surface area contributed by atoms with Crippen LogP contribution in [0.15, 0.2) is 35.3 Å². The van der Waals surface area contributed by atoms with Crippen LogP contribution in [0.1, 0.15) is 5.69 Å². The third kappa shape index (κ3) is 2.88. The lowest BCUT2D eigenvalue weighted by atomic mass is 10.2. The Morgan fingerprint density at radius 3 is 2.81 bits per heavy atom. The molecule has 1 atom stereocenters. The van der Waals surface area contributed by atoms with Gasteiger partial charge in [0.2, 0.25) is 0 Å². The molecule has 0 fully saturated rings. The summed E-state index contributed by atoms with van der Waals surface area (Å²) in [6, 6.07) is 8.99. The Morgan fingerprint density at radius 2 is 2.05 bits per heavy atom. The highest BCUT2D eigenvalue weighted by Gasteiger charge is 2.27. The van der Waals surface area contributed by atoms with Crippen LogP contribution in [-0.2, 0) is 9.47 Å². The quantitative estimate of drug-likeness (QED) is 0.879. The molecule has 0 saturated heterocycles. The molecule has 110 valence electrons. The van der Waals surface area contributed by atoms with Crippen molar-refractivity contribution in [3.63, 3.8) is 0 Å². The van der Waals surface area contributed by atoms with Gasteiger partial charge in [0.05, 0.1) is 11.2 Å². The van der Waals surface area contributed by atoms with Gasteiger partial charge in [-0.05, 0) is 24.3 Å². The Labute approximate surface area is 127 Å². The molecule has 0 saturated carbocycles. The standard InChI is InChI=1S/C15H16N2O3S/c1-19-15(20-2)13-8-21-14(17-13)12-5-3-9-7-10(18)4-6-11(9)16-12/h3-7,13,15,18H,8H2,1-2H3. The Morgan fingerprint density at radius 1 is 1.24 bits per heavy atom. The summed E-state index contributed by atoms with van der Waals surface area (Å²) in [7, 11) is 3.24. The monoisotopic (exact) mass is 304 g/mol. The molecule has 2 aromatic rings. The number of thioether (sulfide) groups is 1. The van der Waals surface area contributed by atoms with Crippen LogP contribution in [0.3, 0.4) is 0 Å². The highest BCUT2D eigenvalue weighted by Crippen LogP contribution is 2.27. The maximum atomic E-state index is 9.48. The van der Waals surface area contributed by atoms with E-state index >= 15 is 0 Å². The topological polar surface area (TPSA) is 63.9 Å². The van der Waals surface area contributed by atoms with Gasteiger partial charge in [-0.1, -0.05) is 6.07 Å². The Hall–Kier alpha value is -1.63. The largest absolute Gasteiger partial charge is 0.508 e. The van der Waals surface area contributed by atoms with Gasteiger partial charge < -0.3 is 14.6 Å². The number of hydrogen-bond donors (Lipinski definition) is 1. The van der Waals surface area contributed by atoms with E-state index in [2.05, 4.69) is 9.98 Å². The predicted octanol–water partition coefficient (Wildman–Crippen LogP) is 2.42. The molecule has 1 aliphatic rings. The number of aliphatic imine (C=N–C) groups is 1. The van der Waals surface area contributed by atoms with Crippen LogP contribution in [-0.4, -0.2) is 47.4 Å². The molecule has 1 unspecified atom stereocenters. The normalized spacial score (nSPS) is 18.4. The lowest BCUT2D eigenvalue weighted by Crippen LogP contribution is -2.28. The first kappa shape index (κ1) is 14.3. The molecule has 2 heterocycles. The Bertz CT molecular complexity index is 686. The summed E-state index contributed by atoms with van der Waals surface area (Å²) in [6.45, 7) is 0. The molecule has 6 heteroatoms. The molecule has 1 N–H and O–H groups in total. The van der Waals surface area contributed by atoms with Crippen LogP contribution in [0.4, 0.5) is 0 Å². The van der Waals surface area contributed by atoms with Crippen molar-refractivity contribution in [3.05, 3.63) is 36.0 Å². The third-order valence-electron chi connectivity index (χ3n) is 3.34. The number of methoxy groups -OCH3 is 2. The molecule has 1 aliphatic heterocycles. The number of hydrogen-bond acceptors (Lipinski definition) is 6. The maximum Gasteiger partial charge on any atom is 0.179 e. The van der Waals surface area contributed by atoms with Crippen molar-refractivity contribution >= 4 is 27.7 Å². The molecule has 0 bridgehead atoms. The predicted molar refractivity (Wildman–Crippen MR) is 84.0 cm³/mol. The molecule has 0 amide bonds. The van der Waals surface area contributed by atoms with Crippen molar-refractivity contribution in [2.45, 2.75) is 12.3 Å². The molecule has 0 spiro atoms. The molecular weight excluding hydrogens is 288 g/mol. The second-order valence-corrected chi connectivity index (χ2v) is 5.73. The van der Waals surface area contributed by atoms with Crippen LogP contribution in [0.5, 0.6) is 5.75 Å². The van der Waals surface area contributed by atoms with Gasteiger partial charge in [0.1, 0.15) is 16.8 Å². The number of nitrogens with zero attached hydrogens (tertiary/aromatic N) is 2. The second kappa shape index (κ2) is 6.01. The van der Waals surface area contributed by atoms with Gasteiger partial charge in [0.25, 0.3) is 0 Å². The number of aromatic hydroxyl groups is 1. The van der Waals surface area contributed by atoms with Gasteiger partial charge in [0, 0.05) is 25.4 Å². The summed E-state index contributed by atoms with van der Waals surface area (Å²) in [5.74, 6) is 1.06. The first-order valence-corrected chi connectivity index (χ1v) is 7.56. The summed E-state index contributed by atoms with van der Waals surface area (Å²) in [5, 5.41) is 11.3. The van der Waals surface area contributed by atoms with E-state index in [1.54, 1.807) is 44.2 Å². The average Bonchev–Trinajstić information content (AvgIpc) is 2.98. The van der Waals surface area contributed by atoms with E-state index in [4.69, 9.17) is 9.47 Å². The highest BCUT2D eigenvalue weighted by atomic mass is 32.2. The smallest absolute Gasteiger partial charge is 0.179 e. The number of benzene rings is 1. The first-order chi connectivity index (χ1) is 10.2. The molecule has 0 aliphatic carbocycles. The van der Waals surface area contributed by atoms with Gasteiger partial charge in [-0.15, -0.1) is 11.8 Å². The lowest BCUT2D eigenvalue weighted by molar-refractivity contribution is -0.111. The summed E-state index contributed by atoms with van der Waals surface area (Å²) in [5.41, 5.74) is 1.68. The van der Waals surface area contributed by atoms with E-state index in [-0.39, 0.29) is 18.1 Å².